The van der Waals surface area contributed by atoms with Crippen LogP contribution in [0.3, 0.4) is 0 Å². The van der Waals surface area contributed by atoms with Crippen molar-refractivity contribution < 1.29 is 4.74 Å². The van der Waals surface area contributed by atoms with Crippen molar-refractivity contribution in [1.82, 2.24) is 0 Å². The largest absolute Gasteiger partial charge is 0.489 e. The van der Waals surface area contributed by atoms with Gasteiger partial charge in [-0.2, -0.15) is 0 Å². The molecule has 0 saturated carbocycles. The van der Waals surface area contributed by atoms with E-state index >= 15 is 0 Å². The average molecular weight is 260 g/mol. The van der Waals surface area contributed by atoms with E-state index in [-0.39, 0.29) is 6.10 Å². The fourth-order valence-corrected chi connectivity index (χ4v) is 3.22. The molecule has 2 heterocycles. The van der Waals surface area contributed by atoms with Crippen LogP contribution >= 0.6 is 0 Å². The Labute approximate surface area is 115 Å². The van der Waals surface area contributed by atoms with Crippen LogP contribution in [-0.4, -0.2) is 25.2 Å². The molecule has 3 nitrogen and oxygen atoms in total. The minimum atomic E-state index is 0.218. The smallest absolute Gasteiger partial charge is 0.144 e. The zero-order valence-corrected chi connectivity index (χ0v) is 12.0. The van der Waals surface area contributed by atoms with Crippen molar-refractivity contribution in [3.63, 3.8) is 0 Å². The second-order valence-electron chi connectivity index (χ2n) is 5.89. The normalized spacial score (nSPS) is 22.3. The Morgan fingerprint density at radius 3 is 3.00 bits per heavy atom. The predicted molar refractivity (Wildman–Crippen MR) is 80.3 cm³/mol. The molecular weight excluding hydrogens is 236 g/mol. The van der Waals surface area contributed by atoms with Crippen LogP contribution in [0.2, 0.25) is 0 Å². The number of fused-ring (bicyclic) bond motifs is 3. The van der Waals surface area contributed by atoms with E-state index in [1.54, 1.807) is 0 Å². The third-order valence-corrected chi connectivity index (χ3v) is 4.07. The summed E-state index contributed by atoms with van der Waals surface area (Å²) in [6.45, 7) is 6.39. The molecule has 1 unspecified atom stereocenters. The maximum Gasteiger partial charge on any atom is 0.144 e. The molecule has 0 amide bonds. The number of ether oxygens (including phenoxy) is 1. The van der Waals surface area contributed by atoms with Crippen LogP contribution in [-0.2, 0) is 0 Å². The Morgan fingerprint density at radius 2 is 2.16 bits per heavy atom. The first kappa shape index (κ1) is 12.6. The van der Waals surface area contributed by atoms with Gasteiger partial charge < -0.3 is 15.0 Å². The SMILES string of the molecule is CC(C)Oc1cccc2c1NCC1CCCCCN21. The number of para-hydroxylation sites is 1. The summed E-state index contributed by atoms with van der Waals surface area (Å²) >= 11 is 0. The van der Waals surface area contributed by atoms with Gasteiger partial charge in [0.2, 0.25) is 0 Å². The van der Waals surface area contributed by atoms with E-state index in [2.05, 4.69) is 42.3 Å². The minimum absolute atomic E-state index is 0.218. The summed E-state index contributed by atoms with van der Waals surface area (Å²) in [4.78, 5) is 2.59. The third-order valence-electron chi connectivity index (χ3n) is 4.07. The molecule has 1 aromatic carbocycles. The first-order valence-corrected chi connectivity index (χ1v) is 7.56. The lowest BCUT2D eigenvalue weighted by Crippen LogP contribution is -2.43. The molecule has 3 rings (SSSR count). The Hall–Kier alpha value is -1.38. The van der Waals surface area contributed by atoms with Crippen LogP contribution in [0.25, 0.3) is 0 Å². The quantitative estimate of drug-likeness (QED) is 0.878. The highest BCUT2D eigenvalue weighted by Crippen LogP contribution is 2.40. The van der Waals surface area contributed by atoms with Crippen molar-refractivity contribution in [3.05, 3.63) is 18.2 Å². The molecule has 0 radical (unpaired) electrons. The number of hydrogen-bond donors (Lipinski definition) is 1. The Balaban J connectivity index is 1.93. The molecule has 19 heavy (non-hydrogen) atoms. The highest BCUT2D eigenvalue weighted by atomic mass is 16.5. The summed E-state index contributed by atoms with van der Waals surface area (Å²) < 4.78 is 5.93. The Bertz CT molecular complexity index is 444. The van der Waals surface area contributed by atoms with Gasteiger partial charge in [0.15, 0.2) is 0 Å². The van der Waals surface area contributed by atoms with E-state index in [1.807, 2.05) is 0 Å². The standard InChI is InChI=1S/C16H24N2O/c1-12(2)19-15-9-6-8-14-16(15)17-11-13-7-4-3-5-10-18(13)14/h6,8-9,12-13,17H,3-5,7,10-11H2,1-2H3. The van der Waals surface area contributed by atoms with E-state index in [4.69, 9.17) is 4.74 Å². The van der Waals surface area contributed by atoms with Crippen LogP contribution in [0, 0.1) is 0 Å². The molecule has 1 aromatic rings. The maximum absolute atomic E-state index is 5.93. The zero-order valence-electron chi connectivity index (χ0n) is 12.0. The molecule has 3 heteroatoms. The number of hydrogen-bond acceptors (Lipinski definition) is 3. The molecule has 0 aliphatic carbocycles. The van der Waals surface area contributed by atoms with Crippen molar-refractivity contribution >= 4 is 11.4 Å². The van der Waals surface area contributed by atoms with E-state index in [0.717, 1.165) is 12.3 Å². The fraction of sp³-hybridized carbons (Fsp3) is 0.625. The predicted octanol–water partition coefficient (Wildman–Crippen LogP) is 3.65. The van der Waals surface area contributed by atoms with Gasteiger partial charge in [0.05, 0.1) is 11.8 Å². The Kier molecular flexibility index (Phi) is 3.54. The van der Waals surface area contributed by atoms with Gasteiger partial charge in [-0.15, -0.1) is 0 Å². The minimum Gasteiger partial charge on any atom is -0.489 e. The molecule has 0 spiro atoms. The number of rotatable bonds is 2. The summed E-state index contributed by atoms with van der Waals surface area (Å²) in [5, 5.41) is 3.60. The lowest BCUT2D eigenvalue weighted by atomic mass is 10.1. The van der Waals surface area contributed by atoms with Gasteiger partial charge in [0.25, 0.3) is 0 Å². The second kappa shape index (κ2) is 5.32. The molecule has 1 atom stereocenters. The molecule has 0 aromatic heterocycles. The molecule has 1 N–H and O–H groups in total. The van der Waals surface area contributed by atoms with Gasteiger partial charge in [-0.1, -0.05) is 18.9 Å². The number of nitrogens with one attached hydrogen (secondary N) is 1. The second-order valence-corrected chi connectivity index (χ2v) is 5.89. The number of anilines is 2. The van der Waals surface area contributed by atoms with Gasteiger partial charge >= 0.3 is 0 Å². The summed E-state index contributed by atoms with van der Waals surface area (Å²) in [5.74, 6) is 0.996. The summed E-state index contributed by atoms with van der Waals surface area (Å²) in [6.07, 6.45) is 5.56. The molecule has 104 valence electrons. The highest BCUT2D eigenvalue weighted by Gasteiger charge is 2.28. The van der Waals surface area contributed by atoms with Crippen LogP contribution in [0.5, 0.6) is 5.75 Å². The van der Waals surface area contributed by atoms with Crippen molar-refractivity contribution in [1.29, 1.82) is 0 Å². The van der Waals surface area contributed by atoms with Crippen LogP contribution in [0.15, 0.2) is 18.2 Å². The molecule has 2 aliphatic rings. The lowest BCUT2D eigenvalue weighted by Gasteiger charge is -2.39. The van der Waals surface area contributed by atoms with Crippen molar-refractivity contribution in [2.45, 2.75) is 51.7 Å². The van der Waals surface area contributed by atoms with Gasteiger partial charge in [-0.3, -0.25) is 0 Å². The molecule has 1 saturated heterocycles. The Morgan fingerprint density at radius 1 is 1.26 bits per heavy atom. The number of nitrogens with zero attached hydrogens (tertiary/aromatic N) is 1. The van der Waals surface area contributed by atoms with Crippen LogP contribution in [0.4, 0.5) is 11.4 Å². The van der Waals surface area contributed by atoms with E-state index in [9.17, 15) is 0 Å². The van der Waals surface area contributed by atoms with E-state index in [0.29, 0.717) is 6.04 Å². The maximum atomic E-state index is 5.93. The first-order valence-electron chi connectivity index (χ1n) is 7.56. The van der Waals surface area contributed by atoms with Gasteiger partial charge in [-0.25, -0.2) is 0 Å². The van der Waals surface area contributed by atoms with Crippen molar-refractivity contribution in [2.24, 2.45) is 0 Å². The van der Waals surface area contributed by atoms with Gasteiger partial charge in [0.1, 0.15) is 11.4 Å². The fourth-order valence-electron chi connectivity index (χ4n) is 3.22. The lowest BCUT2D eigenvalue weighted by molar-refractivity contribution is 0.243. The highest BCUT2D eigenvalue weighted by molar-refractivity contribution is 5.78. The molecule has 2 aliphatic heterocycles. The number of benzene rings is 1. The van der Waals surface area contributed by atoms with Crippen molar-refractivity contribution in [2.75, 3.05) is 23.3 Å². The van der Waals surface area contributed by atoms with Gasteiger partial charge in [0, 0.05) is 19.1 Å². The van der Waals surface area contributed by atoms with Crippen LogP contribution < -0.4 is 15.0 Å². The summed E-state index contributed by atoms with van der Waals surface area (Å²) in [5.41, 5.74) is 2.52. The van der Waals surface area contributed by atoms with Gasteiger partial charge in [-0.05, 0) is 38.8 Å². The topological polar surface area (TPSA) is 24.5 Å². The first-order chi connectivity index (χ1) is 9.25. The zero-order chi connectivity index (χ0) is 13.2. The van der Waals surface area contributed by atoms with E-state index in [1.165, 1.54) is 43.6 Å². The summed E-state index contributed by atoms with van der Waals surface area (Å²) in [6, 6.07) is 7.08. The average Bonchev–Trinajstić information content (AvgIpc) is 2.63. The van der Waals surface area contributed by atoms with E-state index < -0.39 is 0 Å². The molecule has 0 bridgehead atoms. The van der Waals surface area contributed by atoms with Crippen LogP contribution in [0.1, 0.15) is 39.5 Å². The summed E-state index contributed by atoms with van der Waals surface area (Å²) in [7, 11) is 0. The third kappa shape index (κ3) is 2.51. The molecular formula is C16H24N2O. The van der Waals surface area contributed by atoms with Crippen molar-refractivity contribution in [3.8, 4) is 5.75 Å². The molecule has 1 fully saturated rings. The monoisotopic (exact) mass is 260 g/mol.